The van der Waals surface area contributed by atoms with Gasteiger partial charge in [0.15, 0.2) is 0 Å². The lowest BCUT2D eigenvalue weighted by Gasteiger charge is -2.31. The Kier molecular flexibility index (Phi) is 6.59. The third-order valence-electron chi connectivity index (χ3n) is 5.32. The van der Waals surface area contributed by atoms with Crippen LogP contribution in [0.2, 0.25) is 0 Å². The molecule has 1 saturated heterocycles. The first-order valence-corrected chi connectivity index (χ1v) is 11.3. The number of aryl methyl sites for hydroxylation is 2. The second kappa shape index (κ2) is 8.97. The molecule has 2 aromatic carbocycles. The number of nitrogens with one attached hydrogen (secondary N) is 1. The van der Waals surface area contributed by atoms with E-state index in [4.69, 9.17) is 0 Å². The lowest BCUT2D eigenvalue weighted by Crippen LogP contribution is -2.48. The molecule has 7 heteroatoms. The molecule has 1 N–H and O–H groups in total. The van der Waals surface area contributed by atoms with Crippen molar-refractivity contribution >= 4 is 21.6 Å². The fraction of sp³-hybridized carbons (Fsp3) is 0.409. The van der Waals surface area contributed by atoms with E-state index < -0.39 is 10.0 Å². The second-order valence-electron chi connectivity index (χ2n) is 7.76. The Bertz CT molecular complexity index is 953. The summed E-state index contributed by atoms with van der Waals surface area (Å²) in [7, 11) is -1.81. The van der Waals surface area contributed by atoms with Crippen molar-refractivity contribution < 1.29 is 13.2 Å². The van der Waals surface area contributed by atoms with Gasteiger partial charge in [0, 0.05) is 6.04 Å². The summed E-state index contributed by atoms with van der Waals surface area (Å²) in [4.78, 5) is 15.2. The van der Waals surface area contributed by atoms with Crippen LogP contribution < -0.4 is 9.62 Å². The van der Waals surface area contributed by atoms with Gasteiger partial charge in [0.1, 0.15) is 6.54 Å². The molecule has 0 aromatic heterocycles. The highest BCUT2D eigenvalue weighted by molar-refractivity contribution is 7.92. The highest BCUT2D eigenvalue weighted by Crippen LogP contribution is 2.27. The molecule has 0 aliphatic carbocycles. The van der Waals surface area contributed by atoms with Crippen molar-refractivity contribution in [3.63, 3.8) is 0 Å². The van der Waals surface area contributed by atoms with Crippen LogP contribution in [-0.4, -0.2) is 51.9 Å². The minimum absolute atomic E-state index is 0.0825. The summed E-state index contributed by atoms with van der Waals surface area (Å²) in [5.41, 5.74) is 2.38. The summed E-state index contributed by atoms with van der Waals surface area (Å²) in [5, 5.41) is 3.02. The zero-order chi connectivity index (χ0) is 21.0. The standard InChI is InChI=1S/C22H29N3O3S/c1-17-9-10-21(18(2)15-17)25(29(27,28)20-7-5-4-6-8-20)16-22(26)23-19-11-13-24(3)14-12-19/h4-10,15,19H,11-14,16H2,1-3H3,(H,23,26). The first kappa shape index (κ1) is 21.3. The molecule has 2 aromatic rings. The lowest BCUT2D eigenvalue weighted by molar-refractivity contribution is -0.120. The molecule has 0 unspecified atom stereocenters. The molecule has 0 atom stereocenters. The summed E-state index contributed by atoms with van der Waals surface area (Å²) in [5.74, 6) is -0.279. The zero-order valence-electron chi connectivity index (χ0n) is 17.3. The maximum Gasteiger partial charge on any atom is 0.264 e. The van der Waals surface area contributed by atoms with Gasteiger partial charge in [0.25, 0.3) is 10.0 Å². The van der Waals surface area contributed by atoms with E-state index >= 15 is 0 Å². The average molecular weight is 416 g/mol. The number of sulfonamides is 1. The van der Waals surface area contributed by atoms with Crippen LogP contribution in [0, 0.1) is 13.8 Å². The minimum Gasteiger partial charge on any atom is -0.352 e. The van der Waals surface area contributed by atoms with Gasteiger partial charge in [-0.05, 0) is 70.6 Å². The molecule has 1 fully saturated rings. The highest BCUT2D eigenvalue weighted by atomic mass is 32.2. The Morgan fingerprint density at radius 2 is 1.76 bits per heavy atom. The minimum atomic E-state index is -3.87. The maximum atomic E-state index is 13.4. The first-order chi connectivity index (χ1) is 13.8. The van der Waals surface area contributed by atoms with Crippen molar-refractivity contribution in [1.82, 2.24) is 10.2 Å². The van der Waals surface area contributed by atoms with E-state index in [0.29, 0.717) is 5.69 Å². The number of hydrogen-bond acceptors (Lipinski definition) is 4. The van der Waals surface area contributed by atoms with Gasteiger partial charge < -0.3 is 10.2 Å². The van der Waals surface area contributed by atoms with Gasteiger partial charge in [0.05, 0.1) is 10.6 Å². The summed E-state index contributed by atoms with van der Waals surface area (Å²) in [6, 6.07) is 13.9. The topological polar surface area (TPSA) is 69.7 Å². The van der Waals surface area contributed by atoms with Gasteiger partial charge in [-0.3, -0.25) is 9.10 Å². The number of benzene rings is 2. The maximum absolute atomic E-state index is 13.4. The fourth-order valence-corrected chi connectivity index (χ4v) is 5.17. The molecule has 1 aliphatic heterocycles. The monoisotopic (exact) mass is 415 g/mol. The van der Waals surface area contributed by atoms with Crippen molar-refractivity contribution in [2.75, 3.05) is 31.0 Å². The molecule has 156 valence electrons. The Morgan fingerprint density at radius 1 is 1.10 bits per heavy atom. The highest BCUT2D eigenvalue weighted by Gasteiger charge is 2.29. The van der Waals surface area contributed by atoms with Crippen LogP contribution in [0.25, 0.3) is 0 Å². The van der Waals surface area contributed by atoms with Crippen molar-refractivity contribution in [1.29, 1.82) is 0 Å². The number of carbonyl (C=O) groups is 1. The number of nitrogens with zero attached hydrogens (tertiary/aromatic N) is 2. The summed E-state index contributed by atoms with van der Waals surface area (Å²) in [6.45, 7) is 5.43. The number of amides is 1. The number of carbonyl (C=O) groups excluding carboxylic acids is 1. The van der Waals surface area contributed by atoms with Gasteiger partial charge >= 0.3 is 0 Å². The Hall–Kier alpha value is -2.38. The molecule has 0 bridgehead atoms. The van der Waals surface area contributed by atoms with Crippen molar-refractivity contribution in [3.05, 3.63) is 59.7 Å². The van der Waals surface area contributed by atoms with Crippen LogP contribution in [-0.2, 0) is 14.8 Å². The summed E-state index contributed by atoms with van der Waals surface area (Å²) >= 11 is 0. The van der Waals surface area contributed by atoms with E-state index in [1.54, 1.807) is 36.4 Å². The summed E-state index contributed by atoms with van der Waals surface area (Å²) in [6.07, 6.45) is 1.74. The summed E-state index contributed by atoms with van der Waals surface area (Å²) < 4.78 is 28.0. The number of anilines is 1. The first-order valence-electron chi connectivity index (χ1n) is 9.90. The molecular weight excluding hydrogens is 386 g/mol. The average Bonchev–Trinajstić information content (AvgIpc) is 2.69. The van der Waals surface area contributed by atoms with E-state index in [9.17, 15) is 13.2 Å². The van der Waals surface area contributed by atoms with Crippen LogP contribution >= 0.6 is 0 Å². The molecule has 1 heterocycles. The second-order valence-corrected chi connectivity index (χ2v) is 9.62. The Morgan fingerprint density at radius 3 is 2.38 bits per heavy atom. The lowest BCUT2D eigenvalue weighted by atomic mass is 10.1. The zero-order valence-corrected chi connectivity index (χ0v) is 18.1. The van der Waals surface area contributed by atoms with E-state index in [1.165, 1.54) is 4.31 Å². The molecule has 6 nitrogen and oxygen atoms in total. The van der Waals surface area contributed by atoms with Crippen LogP contribution in [0.15, 0.2) is 53.4 Å². The van der Waals surface area contributed by atoms with E-state index in [0.717, 1.165) is 37.1 Å². The van der Waals surface area contributed by atoms with Gasteiger partial charge in [-0.25, -0.2) is 8.42 Å². The quantitative estimate of drug-likeness (QED) is 0.788. The Balaban J connectivity index is 1.88. The van der Waals surface area contributed by atoms with Crippen LogP contribution in [0.1, 0.15) is 24.0 Å². The predicted octanol–water partition coefficient (Wildman–Crippen LogP) is 2.71. The number of piperidine rings is 1. The molecule has 29 heavy (non-hydrogen) atoms. The molecule has 0 radical (unpaired) electrons. The number of rotatable bonds is 6. The largest absolute Gasteiger partial charge is 0.352 e. The van der Waals surface area contributed by atoms with E-state index in [1.807, 2.05) is 26.0 Å². The predicted molar refractivity (Wildman–Crippen MR) is 116 cm³/mol. The van der Waals surface area contributed by atoms with Crippen LogP contribution in [0.5, 0.6) is 0 Å². The third kappa shape index (κ3) is 5.16. The normalized spacial score (nSPS) is 15.8. The number of hydrogen-bond donors (Lipinski definition) is 1. The van der Waals surface area contributed by atoms with Crippen LogP contribution in [0.3, 0.4) is 0 Å². The molecule has 3 rings (SSSR count). The van der Waals surface area contributed by atoms with E-state index in [-0.39, 0.29) is 23.4 Å². The van der Waals surface area contributed by atoms with Crippen molar-refractivity contribution in [2.45, 2.75) is 37.6 Å². The van der Waals surface area contributed by atoms with Gasteiger partial charge in [-0.2, -0.15) is 0 Å². The van der Waals surface area contributed by atoms with E-state index in [2.05, 4.69) is 17.3 Å². The molecule has 0 spiro atoms. The Labute approximate surface area is 173 Å². The van der Waals surface area contributed by atoms with Gasteiger partial charge in [-0.1, -0.05) is 35.9 Å². The molecule has 1 amide bonds. The molecule has 0 saturated carbocycles. The van der Waals surface area contributed by atoms with Crippen molar-refractivity contribution in [3.8, 4) is 0 Å². The molecule has 1 aliphatic rings. The van der Waals surface area contributed by atoms with Crippen molar-refractivity contribution in [2.24, 2.45) is 0 Å². The number of likely N-dealkylation sites (tertiary alicyclic amines) is 1. The molecular formula is C22H29N3O3S. The van der Waals surface area contributed by atoms with Gasteiger partial charge in [-0.15, -0.1) is 0 Å². The smallest absolute Gasteiger partial charge is 0.264 e. The third-order valence-corrected chi connectivity index (χ3v) is 7.10. The van der Waals surface area contributed by atoms with Crippen LogP contribution in [0.4, 0.5) is 5.69 Å². The fourth-order valence-electron chi connectivity index (χ4n) is 3.66. The SMILES string of the molecule is Cc1ccc(N(CC(=O)NC2CCN(C)CC2)S(=O)(=O)c2ccccc2)c(C)c1. The van der Waals surface area contributed by atoms with Gasteiger partial charge in [0.2, 0.25) is 5.91 Å².